The Morgan fingerprint density at radius 3 is 2.58 bits per heavy atom. The van der Waals surface area contributed by atoms with E-state index in [1.165, 1.54) is 37.4 Å². The van der Waals surface area contributed by atoms with E-state index >= 15 is 0 Å². The molecule has 2 rings (SSSR count). The van der Waals surface area contributed by atoms with Crippen LogP contribution < -0.4 is 14.8 Å². The van der Waals surface area contributed by atoms with Crippen molar-refractivity contribution in [1.82, 2.24) is 0 Å². The van der Waals surface area contributed by atoms with Gasteiger partial charge in [0.15, 0.2) is 18.1 Å². The normalized spacial score (nSPS) is 10.8. The van der Waals surface area contributed by atoms with Crippen LogP contribution in [-0.2, 0) is 11.0 Å². The van der Waals surface area contributed by atoms with E-state index in [4.69, 9.17) is 14.7 Å². The average Bonchev–Trinajstić information content (AvgIpc) is 2.60. The third kappa shape index (κ3) is 4.89. The minimum Gasteiger partial charge on any atom is -0.493 e. The maximum Gasteiger partial charge on any atom is 0.417 e. The van der Waals surface area contributed by atoms with Crippen molar-refractivity contribution >= 4 is 27.5 Å². The number of ether oxygens (including phenoxy) is 2. The van der Waals surface area contributed by atoms with Crippen LogP contribution in [0.4, 0.5) is 18.9 Å². The van der Waals surface area contributed by atoms with E-state index in [-0.39, 0.29) is 21.7 Å². The summed E-state index contributed by atoms with van der Waals surface area (Å²) in [6.07, 6.45) is -4.55. The lowest BCUT2D eigenvalue weighted by Crippen LogP contribution is -2.20. The third-order valence-electron chi connectivity index (χ3n) is 3.21. The van der Waals surface area contributed by atoms with Crippen molar-refractivity contribution in [2.75, 3.05) is 19.0 Å². The molecule has 0 aromatic heterocycles. The standard InChI is InChI=1S/C17H12BrF3N2O3/c1-25-15-6-10(8-22)2-5-14(15)26-9-16(24)23-11-3-4-13(18)12(7-11)17(19,20)21/h2-7H,9H2,1H3,(H,23,24). The molecule has 1 amide bonds. The number of nitrogens with zero attached hydrogens (tertiary/aromatic N) is 1. The Labute approximate surface area is 155 Å². The molecule has 136 valence electrons. The molecule has 0 spiro atoms. The summed E-state index contributed by atoms with van der Waals surface area (Å²) >= 11 is 2.83. The van der Waals surface area contributed by atoms with Crippen LogP contribution in [0.1, 0.15) is 11.1 Å². The van der Waals surface area contributed by atoms with E-state index in [0.29, 0.717) is 5.56 Å². The number of hydrogen-bond acceptors (Lipinski definition) is 4. The Kier molecular flexibility index (Phi) is 6.10. The van der Waals surface area contributed by atoms with Gasteiger partial charge in [-0.1, -0.05) is 15.9 Å². The lowest BCUT2D eigenvalue weighted by atomic mass is 10.2. The molecule has 0 aliphatic heterocycles. The second kappa shape index (κ2) is 8.10. The maximum atomic E-state index is 12.9. The van der Waals surface area contributed by atoms with Gasteiger partial charge in [0.1, 0.15) is 0 Å². The van der Waals surface area contributed by atoms with Crippen LogP contribution in [-0.4, -0.2) is 19.6 Å². The van der Waals surface area contributed by atoms with Crippen LogP contribution >= 0.6 is 15.9 Å². The molecule has 9 heteroatoms. The smallest absolute Gasteiger partial charge is 0.417 e. The molecule has 0 heterocycles. The number of nitrogens with one attached hydrogen (secondary N) is 1. The number of rotatable bonds is 5. The van der Waals surface area contributed by atoms with Gasteiger partial charge in [0.2, 0.25) is 0 Å². The van der Waals surface area contributed by atoms with Crippen LogP contribution in [0, 0.1) is 11.3 Å². The Morgan fingerprint density at radius 2 is 1.96 bits per heavy atom. The van der Waals surface area contributed by atoms with Gasteiger partial charge in [-0.15, -0.1) is 0 Å². The number of carbonyl (C=O) groups is 1. The largest absolute Gasteiger partial charge is 0.493 e. The number of halogens is 4. The molecule has 0 aliphatic rings. The van der Waals surface area contributed by atoms with E-state index in [0.717, 1.165) is 6.07 Å². The van der Waals surface area contributed by atoms with Gasteiger partial charge in [-0.3, -0.25) is 4.79 Å². The summed E-state index contributed by atoms with van der Waals surface area (Å²) in [4.78, 5) is 11.9. The van der Waals surface area contributed by atoms with Crippen molar-refractivity contribution in [1.29, 1.82) is 5.26 Å². The minimum atomic E-state index is -4.55. The fourth-order valence-electron chi connectivity index (χ4n) is 2.02. The van der Waals surface area contributed by atoms with Gasteiger partial charge >= 0.3 is 6.18 Å². The van der Waals surface area contributed by atoms with Gasteiger partial charge in [-0.05, 0) is 30.3 Å². The molecule has 0 bridgehead atoms. The average molecular weight is 429 g/mol. The molecule has 0 aliphatic carbocycles. The molecule has 0 saturated heterocycles. The molecule has 2 aromatic carbocycles. The molecule has 0 fully saturated rings. The first-order chi connectivity index (χ1) is 12.2. The number of nitriles is 1. The monoisotopic (exact) mass is 428 g/mol. The highest BCUT2D eigenvalue weighted by Crippen LogP contribution is 2.36. The Morgan fingerprint density at radius 1 is 1.23 bits per heavy atom. The summed E-state index contributed by atoms with van der Waals surface area (Å²) in [6, 6.07) is 9.68. The minimum absolute atomic E-state index is 0.0130. The topological polar surface area (TPSA) is 71.3 Å². The predicted molar refractivity (Wildman–Crippen MR) is 91.0 cm³/mol. The van der Waals surface area contributed by atoms with Crippen molar-refractivity contribution < 1.29 is 27.4 Å². The number of carbonyl (C=O) groups excluding carboxylic acids is 1. The van der Waals surface area contributed by atoms with Gasteiger partial charge in [0.05, 0.1) is 24.3 Å². The molecule has 0 unspecified atom stereocenters. The molecule has 0 radical (unpaired) electrons. The second-order valence-electron chi connectivity index (χ2n) is 5.01. The molecule has 0 atom stereocenters. The number of alkyl halides is 3. The lowest BCUT2D eigenvalue weighted by Gasteiger charge is -2.13. The quantitative estimate of drug-likeness (QED) is 0.767. The summed E-state index contributed by atoms with van der Waals surface area (Å²) in [5.74, 6) is -0.153. The van der Waals surface area contributed by atoms with E-state index in [2.05, 4.69) is 21.2 Å². The van der Waals surface area contributed by atoms with E-state index in [1.54, 1.807) is 0 Å². The zero-order valence-electron chi connectivity index (χ0n) is 13.4. The zero-order chi connectivity index (χ0) is 19.3. The molecule has 0 saturated carbocycles. The van der Waals surface area contributed by atoms with Crippen molar-refractivity contribution in [3.05, 3.63) is 52.0 Å². The fraction of sp³-hybridized carbons (Fsp3) is 0.176. The first-order valence-electron chi connectivity index (χ1n) is 7.12. The van der Waals surface area contributed by atoms with Crippen LogP contribution in [0.3, 0.4) is 0 Å². The summed E-state index contributed by atoms with van der Waals surface area (Å²) in [6.45, 7) is -0.445. The number of anilines is 1. The zero-order valence-corrected chi connectivity index (χ0v) is 14.9. The maximum absolute atomic E-state index is 12.9. The van der Waals surface area contributed by atoms with Crippen molar-refractivity contribution in [3.63, 3.8) is 0 Å². The number of benzene rings is 2. The molecular formula is C17H12BrF3N2O3. The van der Waals surface area contributed by atoms with Gasteiger partial charge in [-0.2, -0.15) is 18.4 Å². The fourth-order valence-corrected chi connectivity index (χ4v) is 2.49. The van der Waals surface area contributed by atoms with E-state index in [1.807, 2.05) is 6.07 Å². The molecule has 2 aromatic rings. The van der Waals surface area contributed by atoms with Gasteiger partial charge < -0.3 is 14.8 Å². The Hall–Kier alpha value is -2.73. The van der Waals surface area contributed by atoms with Crippen molar-refractivity contribution in [3.8, 4) is 17.6 Å². The Bertz CT molecular complexity index is 863. The van der Waals surface area contributed by atoms with Crippen molar-refractivity contribution in [2.45, 2.75) is 6.18 Å². The molecule has 5 nitrogen and oxygen atoms in total. The summed E-state index contributed by atoms with van der Waals surface area (Å²) in [7, 11) is 1.38. The van der Waals surface area contributed by atoms with Crippen LogP contribution in [0.5, 0.6) is 11.5 Å². The number of methoxy groups -OCH3 is 1. The highest BCUT2D eigenvalue weighted by atomic mass is 79.9. The first kappa shape index (κ1) is 19.6. The number of hydrogen-bond donors (Lipinski definition) is 1. The van der Waals surface area contributed by atoms with Gasteiger partial charge in [0.25, 0.3) is 5.91 Å². The van der Waals surface area contributed by atoms with Gasteiger partial charge in [-0.25, -0.2) is 0 Å². The Balaban J connectivity index is 2.05. The number of amides is 1. The highest BCUT2D eigenvalue weighted by Gasteiger charge is 2.33. The first-order valence-corrected chi connectivity index (χ1v) is 7.91. The van der Waals surface area contributed by atoms with Crippen LogP contribution in [0.2, 0.25) is 0 Å². The molecular weight excluding hydrogens is 417 g/mol. The van der Waals surface area contributed by atoms with Crippen LogP contribution in [0.25, 0.3) is 0 Å². The molecule has 1 N–H and O–H groups in total. The highest BCUT2D eigenvalue weighted by molar-refractivity contribution is 9.10. The van der Waals surface area contributed by atoms with Gasteiger partial charge in [0, 0.05) is 16.2 Å². The van der Waals surface area contributed by atoms with Crippen LogP contribution in [0.15, 0.2) is 40.9 Å². The summed E-state index contributed by atoms with van der Waals surface area (Å²) in [5.41, 5.74) is -0.556. The van der Waals surface area contributed by atoms with E-state index < -0.39 is 24.3 Å². The van der Waals surface area contributed by atoms with E-state index in [9.17, 15) is 18.0 Å². The SMILES string of the molecule is COc1cc(C#N)ccc1OCC(=O)Nc1ccc(Br)c(C(F)(F)F)c1. The second-order valence-corrected chi connectivity index (χ2v) is 5.86. The summed E-state index contributed by atoms with van der Waals surface area (Å²) in [5, 5.41) is 11.2. The van der Waals surface area contributed by atoms with Crippen molar-refractivity contribution in [2.24, 2.45) is 0 Å². The summed E-state index contributed by atoms with van der Waals surface area (Å²) < 4.78 is 48.9. The molecule has 26 heavy (non-hydrogen) atoms. The lowest BCUT2D eigenvalue weighted by molar-refractivity contribution is -0.138. The predicted octanol–water partition coefficient (Wildman–Crippen LogP) is 4.37. The third-order valence-corrected chi connectivity index (χ3v) is 3.90.